The lowest BCUT2D eigenvalue weighted by Gasteiger charge is -2.23. The van der Waals surface area contributed by atoms with E-state index in [2.05, 4.69) is 16.4 Å². The van der Waals surface area contributed by atoms with Crippen LogP contribution in [-0.4, -0.2) is 46.5 Å². The van der Waals surface area contributed by atoms with E-state index in [9.17, 15) is 14.0 Å². The van der Waals surface area contributed by atoms with Crippen molar-refractivity contribution in [2.45, 2.75) is 18.1 Å². The Balaban J connectivity index is 1.20. The van der Waals surface area contributed by atoms with Crippen LogP contribution in [0.1, 0.15) is 5.56 Å². The van der Waals surface area contributed by atoms with Crippen molar-refractivity contribution in [3.63, 3.8) is 0 Å². The second-order valence-corrected chi connectivity index (χ2v) is 8.77. The third-order valence-corrected chi connectivity index (χ3v) is 6.90. The molecule has 2 saturated heterocycles. The number of rotatable bonds is 5. The lowest BCUT2D eigenvalue weighted by Crippen LogP contribution is -2.41. The van der Waals surface area contributed by atoms with Crippen molar-refractivity contribution in [3.05, 3.63) is 78.3 Å². The van der Waals surface area contributed by atoms with Crippen molar-refractivity contribution in [1.82, 2.24) is 9.88 Å². The fourth-order valence-corrected chi connectivity index (χ4v) is 5.45. The van der Waals surface area contributed by atoms with Crippen LogP contribution in [0, 0.1) is 17.7 Å². The summed E-state index contributed by atoms with van der Waals surface area (Å²) in [5.41, 5.74) is 1.84. The molecular formula is C25H22FN3O3. The van der Waals surface area contributed by atoms with Gasteiger partial charge in [-0.15, -0.1) is 0 Å². The lowest BCUT2D eigenvalue weighted by atomic mass is 9.77. The molecule has 32 heavy (non-hydrogen) atoms. The number of halogens is 1. The second kappa shape index (κ2) is 7.03. The van der Waals surface area contributed by atoms with Gasteiger partial charge in [-0.2, -0.15) is 0 Å². The van der Waals surface area contributed by atoms with Crippen LogP contribution >= 0.6 is 0 Å². The molecule has 3 aromatic rings. The standard InChI is InChI=1S/C25H22FN3O3/c26-16-4-3-5-17(12-16)28-23(30)21-20-8-10-25(32-20)14-29(24(31)22(21)25)11-9-15-13-27-19-7-2-1-6-18(15)19/h1-8,10,12-13,20-22,27H,9,11,14H2,(H,28,30)/t20-,21-,22+,25+/m1/s1. The maximum atomic E-state index is 13.5. The van der Waals surface area contributed by atoms with Crippen molar-refractivity contribution in [1.29, 1.82) is 0 Å². The molecule has 3 aliphatic rings. The summed E-state index contributed by atoms with van der Waals surface area (Å²) in [7, 11) is 0. The van der Waals surface area contributed by atoms with Gasteiger partial charge in [0.15, 0.2) is 0 Å². The minimum absolute atomic E-state index is 0.0592. The normalized spacial score (nSPS) is 28.0. The fourth-order valence-electron chi connectivity index (χ4n) is 5.45. The van der Waals surface area contributed by atoms with Crippen LogP contribution in [0.2, 0.25) is 0 Å². The molecule has 0 radical (unpaired) electrons. The highest BCUT2D eigenvalue weighted by molar-refractivity contribution is 5.99. The Hall–Kier alpha value is -3.45. The van der Waals surface area contributed by atoms with E-state index < -0.39 is 29.4 Å². The fraction of sp³-hybridized carbons (Fsp3) is 0.280. The van der Waals surface area contributed by atoms with Crippen LogP contribution in [0.3, 0.4) is 0 Å². The third kappa shape index (κ3) is 2.88. The molecule has 2 N–H and O–H groups in total. The molecule has 2 bridgehead atoms. The topological polar surface area (TPSA) is 74.4 Å². The molecule has 0 aliphatic carbocycles. The largest absolute Gasteiger partial charge is 0.361 e. The number of nitrogens with one attached hydrogen (secondary N) is 2. The van der Waals surface area contributed by atoms with Gasteiger partial charge in [0.05, 0.1) is 24.5 Å². The van der Waals surface area contributed by atoms with Crippen molar-refractivity contribution >= 4 is 28.4 Å². The number of hydrogen-bond donors (Lipinski definition) is 2. The number of carbonyl (C=O) groups is 2. The number of likely N-dealkylation sites (tertiary alicyclic amines) is 1. The zero-order valence-corrected chi connectivity index (χ0v) is 17.3. The summed E-state index contributed by atoms with van der Waals surface area (Å²) in [4.78, 5) is 31.5. The van der Waals surface area contributed by atoms with E-state index in [1.54, 1.807) is 11.0 Å². The number of amides is 2. The van der Waals surface area contributed by atoms with Gasteiger partial charge in [0, 0.05) is 29.3 Å². The Morgan fingerprint density at radius 2 is 2.12 bits per heavy atom. The van der Waals surface area contributed by atoms with Gasteiger partial charge in [-0.05, 0) is 36.2 Å². The SMILES string of the molecule is O=C(Nc1cccc(F)c1)[C@H]1[C@H]2C(=O)N(CCc3c[nH]c4ccccc34)C[C@@]23C=C[C@H]1O3. The molecule has 3 aliphatic heterocycles. The van der Waals surface area contributed by atoms with Crippen LogP contribution in [0.15, 0.2) is 66.9 Å². The van der Waals surface area contributed by atoms with Crippen LogP contribution in [0.5, 0.6) is 0 Å². The zero-order valence-electron chi connectivity index (χ0n) is 17.3. The summed E-state index contributed by atoms with van der Waals surface area (Å²) < 4.78 is 19.7. The zero-order chi connectivity index (χ0) is 21.9. The number of benzene rings is 2. The molecule has 2 aromatic carbocycles. The van der Waals surface area contributed by atoms with Gasteiger partial charge < -0.3 is 19.9 Å². The van der Waals surface area contributed by atoms with E-state index in [0.29, 0.717) is 25.2 Å². The highest BCUT2D eigenvalue weighted by Crippen LogP contribution is 2.52. The highest BCUT2D eigenvalue weighted by Gasteiger charge is 2.66. The molecule has 1 spiro atoms. The summed E-state index contributed by atoms with van der Waals surface area (Å²) in [5, 5.41) is 3.92. The number of aromatic nitrogens is 1. The lowest BCUT2D eigenvalue weighted by molar-refractivity contribution is -0.135. The smallest absolute Gasteiger partial charge is 0.231 e. The van der Waals surface area contributed by atoms with Crippen LogP contribution in [0.25, 0.3) is 10.9 Å². The molecule has 1 aromatic heterocycles. The molecule has 2 fully saturated rings. The van der Waals surface area contributed by atoms with E-state index >= 15 is 0 Å². The first kappa shape index (κ1) is 19.3. The number of ether oxygens (including phenoxy) is 1. The number of fused-ring (bicyclic) bond motifs is 2. The molecule has 7 heteroatoms. The summed E-state index contributed by atoms with van der Waals surface area (Å²) in [5.74, 6) is -1.99. The summed E-state index contributed by atoms with van der Waals surface area (Å²) in [6.07, 6.45) is 6.09. The van der Waals surface area contributed by atoms with Crippen LogP contribution in [0.4, 0.5) is 10.1 Å². The average Bonchev–Trinajstić information content (AvgIpc) is 3.52. The minimum Gasteiger partial charge on any atom is -0.361 e. The number of para-hydroxylation sites is 1. The molecule has 0 unspecified atom stereocenters. The molecule has 6 rings (SSSR count). The Morgan fingerprint density at radius 3 is 3.00 bits per heavy atom. The summed E-state index contributed by atoms with van der Waals surface area (Å²) >= 11 is 0. The number of hydrogen-bond acceptors (Lipinski definition) is 3. The molecular weight excluding hydrogens is 409 g/mol. The van der Waals surface area contributed by atoms with Gasteiger partial charge in [-0.25, -0.2) is 4.39 Å². The average molecular weight is 431 g/mol. The Morgan fingerprint density at radius 1 is 1.25 bits per heavy atom. The van der Waals surface area contributed by atoms with Crippen molar-refractivity contribution in [3.8, 4) is 0 Å². The predicted octanol–water partition coefficient (Wildman–Crippen LogP) is 3.27. The van der Waals surface area contributed by atoms with Gasteiger partial charge in [0.25, 0.3) is 0 Å². The monoisotopic (exact) mass is 431 g/mol. The van der Waals surface area contributed by atoms with E-state index in [-0.39, 0.29) is 11.8 Å². The number of aromatic amines is 1. The minimum atomic E-state index is -0.758. The molecule has 4 heterocycles. The number of H-pyrrole nitrogens is 1. The van der Waals surface area contributed by atoms with Crippen molar-refractivity contribution in [2.75, 3.05) is 18.4 Å². The van der Waals surface area contributed by atoms with E-state index in [1.165, 1.54) is 18.2 Å². The Bertz CT molecular complexity index is 1270. The van der Waals surface area contributed by atoms with Crippen molar-refractivity contribution < 1.29 is 18.7 Å². The Kier molecular flexibility index (Phi) is 4.23. The maximum absolute atomic E-state index is 13.5. The van der Waals surface area contributed by atoms with Gasteiger partial charge in [0.1, 0.15) is 11.4 Å². The summed E-state index contributed by atoms with van der Waals surface area (Å²) in [6, 6.07) is 13.8. The van der Waals surface area contributed by atoms with E-state index in [1.807, 2.05) is 36.5 Å². The van der Waals surface area contributed by atoms with Gasteiger partial charge in [-0.3, -0.25) is 9.59 Å². The first-order chi connectivity index (χ1) is 15.5. The third-order valence-electron chi connectivity index (χ3n) is 6.90. The van der Waals surface area contributed by atoms with Crippen molar-refractivity contribution in [2.24, 2.45) is 11.8 Å². The first-order valence-electron chi connectivity index (χ1n) is 10.8. The first-order valence-corrected chi connectivity index (χ1v) is 10.8. The van der Waals surface area contributed by atoms with Gasteiger partial charge >= 0.3 is 0 Å². The molecule has 6 nitrogen and oxygen atoms in total. The summed E-state index contributed by atoms with van der Waals surface area (Å²) in [6.45, 7) is 0.995. The van der Waals surface area contributed by atoms with Crippen LogP contribution < -0.4 is 5.32 Å². The Labute approximate surface area is 184 Å². The molecule has 4 atom stereocenters. The van der Waals surface area contributed by atoms with E-state index in [4.69, 9.17) is 4.74 Å². The van der Waals surface area contributed by atoms with Crippen LogP contribution in [-0.2, 0) is 20.7 Å². The number of carbonyl (C=O) groups excluding carboxylic acids is 2. The quantitative estimate of drug-likeness (QED) is 0.609. The maximum Gasteiger partial charge on any atom is 0.231 e. The molecule has 162 valence electrons. The number of anilines is 1. The molecule has 0 saturated carbocycles. The van der Waals surface area contributed by atoms with E-state index in [0.717, 1.165) is 16.5 Å². The number of nitrogens with zero attached hydrogens (tertiary/aromatic N) is 1. The molecule has 2 amide bonds. The second-order valence-electron chi connectivity index (χ2n) is 8.77. The van der Waals surface area contributed by atoms with Gasteiger partial charge in [-0.1, -0.05) is 36.4 Å². The van der Waals surface area contributed by atoms with Gasteiger partial charge in [0.2, 0.25) is 11.8 Å². The predicted molar refractivity (Wildman–Crippen MR) is 117 cm³/mol. The highest BCUT2D eigenvalue weighted by atomic mass is 19.1.